The molecule has 4 aromatic rings. The Balaban J connectivity index is 1.67. The molecule has 0 unspecified atom stereocenters. The highest BCUT2D eigenvalue weighted by atomic mass is 32.2. The maximum absolute atomic E-state index is 14.5. The van der Waals surface area contributed by atoms with Crippen molar-refractivity contribution in [2.45, 2.75) is 31.3 Å². The van der Waals surface area contributed by atoms with E-state index in [2.05, 4.69) is 15.5 Å². The first-order valence-electron chi connectivity index (χ1n) is 12.4. The second-order valence-electron chi connectivity index (χ2n) is 9.27. The Morgan fingerprint density at radius 3 is 2.45 bits per heavy atom. The lowest BCUT2D eigenvalue weighted by atomic mass is 10.1. The van der Waals surface area contributed by atoms with Crippen LogP contribution in [0.5, 0.6) is 23.3 Å². The van der Waals surface area contributed by atoms with E-state index in [1.54, 1.807) is 24.3 Å². The molecule has 212 valence electrons. The molecule has 4 N–H and O–H groups in total. The fourth-order valence-electron chi connectivity index (χ4n) is 4.03. The van der Waals surface area contributed by atoms with Gasteiger partial charge in [-0.3, -0.25) is 0 Å². The number of hydrogen-bond acceptors (Lipinski definition) is 9. The lowest BCUT2D eigenvalue weighted by Gasteiger charge is -2.21. The molecular weight excluding hydrogens is 541 g/mol. The van der Waals surface area contributed by atoms with Gasteiger partial charge in [-0.2, -0.15) is 4.31 Å². The molecule has 0 saturated carbocycles. The summed E-state index contributed by atoms with van der Waals surface area (Å²) < 4.78 is 49.5. The van der Waals surface area contributed by atoms with Gasteiger partial charge in [0.15, 0.2) is 5.82 Å². The van der Waals surface area contributed by atoms with Crippen LogP contribution in [0.25, 0.3) is 17.1 Å². The minimum Gasteiger partial charge on any atom is -0.507 e. The lowest BCUT2D eigenvalue weighted by Crippen LogP contribution is -2.28. The summed E-state index contributed by atoms with van der Waals surface area (Å²) in [6.07, 6.45) is 0. The van der Waals surface area contributed by atoms with Gasteiger partial charge in [0, 0.05) is 37.8 Å². The smallest absolute Gasteiger partial charge is 0.319 e. The van der Waals surface area contributed by atoms with Gasteiger partial charge < -0.3 is 25.4 Å². The lowest BCUT2D eigenvalue weighted by molar-refractivity contribution is 0.303. The topological polar surface area (TPSA) is 150 Å². The van der Waals surface area contributed by atoms with Crippen LogP contribution < -0.4 is 10.1 Å². The number of para-hydroxylation sites is 2. The van der Waals surface area contributed by atoms with Gasteiger partial charge in [0.1, 0.15) is 34.6 Å². The van der Waals surface area contributed by atoms with Gasteiger partial charge in [0.2, 0.25) is 10.0 Å². The van der Waals surface area contributed by atoms with Crippen LogP contribution in [-0.4, -0.2) is 69.0 Å². The number of nitrogens with one attached hydrogen (secondary N) is 1. The molecule has 0 aliphatic carbocycles. The first-order chi connectivity index (χ1) is 19.0. The molecule has 0 aliphatic rings. The predicted molar refractivity (Wildman–Crippen MR) is 145 cm³/mol. The summed E-state index contributed by atoms with van der Waals surface area (Å²) in [6.45, 7) is 4.94. The highest BCUT2D eigenvalue weighted by Gasteiger charge is 2.29. The number of hydrogen-bond donors (Lipinski definition) is 4. The van der Waals surface area contributed by atoms with Crippen molar-refractivity contribution in [3.63, 3.8) is 0 Å². The summed E-state index contributed by atoms with van der Waals surface area (Å²) in [5.74, 6) is -1.71. The Labute approximate surface area is 231 Å². The molecule has 0 bridgehead atoms. The van der Waals surface area contributed by atoms with Gasteiger partial charge >= 0.3 is 6.01 Å². The number of aromatic hydroxyl groups is 3. The average molecular weight is 572 g/mol. The third-order valence-electron chi connectivity index (χ3n) is 6.02. The minimum absolute atomic E-state index is 0.0854. The van der Waals surface area contributed by atoms with Crippen LogP contribution in [0.15, 0.2) is 65.6 Å². The Kier molecular flexibility index (Phi) is 8.57. The van der Waals surface area contributed by atoms with E-state index in [1.165, 1.54) is 25.2 Å². The number of rotatable bonds is 11. The number of phenolic OH excluding ortho intramolecular Hbond substituents is 2. The molecule has 0 atom stereocenters. The number of benzene rings is 3. The molecule has 0 aliphatic heterocycles. The number of sulfonamides is 1. The quantitative estimate of drug-likeness (QED) is 0.199. The van der Waals surface area contributed by atoms with E-state index in [0.717, 1.165) is 27.1 Å². The fourth-order valence-corrected chi connectivity index (χ4v) is 5.26. The Morgan fingerprint density at radius 2 is 1.73 bits per heavy atom. The van der Waals surface area contributed by atoms with Crippen LogP contribution >= 0.6 is 0 Å². The minimum atomic E-state index is -4.34. The summed E-state index contributed by atoms with van der Waals surface area (Å²) in [7, 11) is -3.00. The SMILES string of the molecule is CC(C)NCCOc1ccccc1CN(C)S(=O)(=O)c1cc(-c2nnc(O)n2-c2ccccc2F)c(O)cc1O. The molecule has 0 saturated heterocycles. The molecule has 1 aromatic heterocycles. The number of nitrogens with zero attached hydrogens (tertiary/aromatic N) is 4. The van der Waals surface area contributed by atoms with Crippen LogP contribution in [0.1, 0.15) is 19.4 Å². The van der Waals surface area contributed by atoms with Crippen LogP contribution in [0.2, 0.25) is 0 Å². The summed E-state index contributed by atoms with van der Waals surface area (Å²) in [4.78, 5) is -0.537. The van der Waals surface area contributed by atoms with E-state index in [-0.39, 0.29) is 23.6 Å². The van der Waals surface area contributed by atoms with Crippen molar-refractivity contribution >= 4 is 10.0 Å². The molecule has 0 radical (unpaired) electrons. The standard InChI is InChI=1S/C27H30FN5O6S/c1-17(2)29-12-13-39-24-11-7-4-8-18(24)16-32(3)40(37,38)25-14-19(22(34)15-23(25)35)26-30-31-27(36)33(26)21-10-6-5-9-20(21)28/h4-11,14-15,17,29,34-35H,12-13,16H2,1-3H3,(H,31,36). The highest BCUT2D eigenvalue weighted by Crippen LogP contribution is 2.39. The molecule has 4 rings (SSSR count). The van der Waals surface area contributed by atoms with Crippen LogP contribution in [-0.2, 0) is 16.6 Å². The van der Waals surface area contributed by atoms with Crippen molar-refractivity contribution < 1.29 is 32.9 Å². The zero-order chi connectivity index (χ0) is 29.0. The van der Waals surface area contributed by atoms with E-state index in [9.17, 15) is 28.1 Å². The average Bonchev–Trinajstić information content (AvgIpc) is 3.28. The van der Waals surface area contributed by atoms with Crippen molar-refractivity contribution in [3.05, 3.63) is 72.0 Å². The van der Waals surface area contributed by atoms with Crippen molar-refractivity contribution in [3.8, 4) is 40.3 Å². The van der Waals surface area contributed by atoms with E-state index in [0.29, 0.717) is 30.5 Å². The number of ether oxygens (including phenoxy) is 1. The second-order valence-corrected chi connectivity index (χ2v) is 11.3. The molecule has 0 fully saturated rings. The van der Waals surface area contributed by atoms with E-state index in [1.807, 2.05) is 13.8 Å². The third-order valence-corrected chi connectivity index (χ3v) is 7.86. The van der Waals surface area contributed by atoms with Gasteiger partial charge in [0.05, 0.1) is 11.3 Å². The molecule has 11 nitrogen and oxygen atoms in total. The van der Waals surface area contributed by atoms with Gasteiger partial charge in [-0.15, -0.1) is 5.10 Å². The zero-order valence-electron chi connectivity index (χ0n) is 22.1. The zero-order valence-corrected chi connectivity index (χ0v) is 22.9. The third kappa shape index (κ3) is 6.01. The number of aromatic nitrogens is 3. The highest BCUT2D eigenvalue weighted by molar-refractivity contribution is 7.89. The fraction of sp³-hybridized carbons (Fsp3) is 0.259. The monoisotopic (exact) mass is 571 g/mol. The number of halogens is 1. The van der Waals surface area contributed by atoms with E-state index < -0.39 is 38.2 Å². The largest absolute Gasteiger partial charge is 0.507 e. The van der Waals surface area contributed by atoms with Crippen LogP contribution in [0.4, 0.5) is 4.39 Å². The Morgan fingerprint density at radius 1 is 1.02 bits per heavy atom. The molecule has 3 aromatic carbocycles. The maximum Gasteiger partial charge on any atom is 0.319 e. The molecule has 40 heavy (non-hydrogen) atoms. The van der Waals surface area contributed by atoms with Crippen molar-refractivity contribution in [1.29, 1.82) is 0 Å². The predicted octanol–water partition coefficient (Wildman–Crippen LogP) is 3.39. The van der Waals surface area contributed by atoms with Crippen molar-refractivity contribution in [2.24, 2.45) is 0 Å². The molecule has 13 heteroatoms. The van der Waals surface area contributed by atoms with Gasteiger partial charge in [-0.1, -0.05) is 49.3 Å². The Bertz CT molecular complexity index is 1610. The molecule has 0 spiro atoms. The van der Waals surface area contributed by atoms with E-state index >= 15 is 0 Å². The first-order valence-corrected chi connectivity index (χ1v) is 13.8. The van der Waals surface area contributed by atoms with Crippen molar-refractivity contribution in [1.82, 2.24) is 24.4 Å². The second kappa shape index (κ2) is 11.9. The van der Waals surface area contributed by atoms with Gasteiger partial charge in [-0.25, -0.2) is 17.4 Å². The summed E-state index contributed by atoms with van der Waals surface area (Å²) in [6, 6.07) is 13.9. The summed E-state index contributed by atoms with van der Waals surface area (Å²) in [5.41, 5.74) is 0.261. The molecule has 0 amide bonds. The first kappa shape index (κ1) is 28.8. The molecule has 1 heterocycles. The van der Waals surface area contributed by atoms with Crippen molar-refractivity contribution in [2.75, 3.05) is 20.2 Å². The summed E-state index contributed by atoms with van der Waals surface area (Å²) in [5, 5.41) is 42.0. The summed E-state index contributed by atoms with van der Waals surface area (Å²) >= 11 is 0. The van der Waals surface area contributed by atoms with Crippen LogP contribution in [0, 0.1) is 5.82 Å². The normalized spacial score (nSPS) is 11.8. The number of phenols is 2. The van der Waals surface area contributed by atoms with Crippen LogP contribution in [0.3, 0.4) is 0 Å². The Hall–Kier alpha value is -4.20. The van der Waals surface area contributed by atoms with Gasteiger partial charge in [-0.05, 0) is 24.3 Å². The van der Waals surface area contributed by atoms with E-state index in [4.69, 9.17) is 4.74 Å². The molecular formula is C27H30FN5O6S. The van der Waals surface area contributed by atoms with Gasteiger partial charge in [0.25, 0.3) is 0 Å². The maximum atomic E-state index is 14.5.